The second-order valence-corrected chi connectivity index (χ2v) is 4.35. The van der Waals surface area contributed by atoms with Crippen molar-refractivity contribution in [3.05, 3.63) is 18.0 Å². The van der Waals surface area contributed by atoms with Crippen LogP contribution in [0.3, 0.4) is 0 Å². The normalized spacial score (nSPS) is 16.4. The van der Waals surface area contributed by atoms with Crippen molar-refractivity contribution >= 4 is 11.8 Å². The van der Waals surface area contributed by atoms with Gasteiger partial charge in [0.2, 0.25) is 5.91 Å². The van der Waals surface area contributed by atoms with E-state index < -0.39 is 5.91 Å². The molecule has 1 aromatic heterocycles. The van der Waals surface area contributed by atoms with Crippen LogP contribution in [0.25, 0.3) is 0 Å². The van der Waals surface area contributed by atoms with Gasteiger partial charge in [-0.3, -0.25) is 14.7 Å². The maximum atomic E-state index is 12.3. The molecule has 2 amide bonds. The van der Waals surface area contributed by atoms with E-state index in [9.17, 15) is 9.59 Å². The van der Waals surface area contributed by atoms with Gasteiger partial charge in [0.1, 0.15) is 5.69 Å². The fourth-order valence-electron chi connectivity index (χ4n) is 2.18. The maximum Gasteiger partial charge on any atom is 0.272 e. The number of rotatable bonds is 4. The lowest BCUT2D eigenvalue weighted by Gasteiger charge is -2.33. The molecule has 0 radical (unpaired) electrons. The Hall–Kier alpha value is -1.89. The fraction of sp³-hybridized carbons (Fsp3) is 0.545. The highest BCUT2D eigenvalue weighted by molar-refractivity contribution is 5.94. The summed E-state index contributed by atoms with van der Waals surface area (Å²) in [7, 11) is 0. The first-order chi connectivity index (χ1) is 8.68. The van der Waals surface area contributed by atoms with Crippen LogP contribution in [0.4, 0.5) is 0 Å². The SMILES string of the molecule is NC(=O)CN(C(=O)c1ccn[nH]1)C1CCNCC1. The van der Waals surface area contributed by atoms with E-state index >= 15 is 0 Å². The summed E-state index contributed by atoms with van der Waals surface area (Å²) in [6.45, 7) is 1.63. The molecule has 1 saturated heterocycles. The number of H-pyrrole nitrogens is 1. The van der Waals surface area contributed by atoms with Crippen LogP contribution in [-0.4, -0.2) is 52.6 Å². The van der Waals surface area contributed by atoms with Gasteiger partial charge in [-0.05, 0) is 32.0 Å². The number of nitrogens with one attached hydrogen (secondary N) is 2. The Bertz CT molecular complexity index is 411. The summed E-state index contributed by atoms with van der Waals surface area (Å²) < 4.78 is 0. The largest absolute Gasteiger partial charge is 0.368 e. The number of aromatic amines is 1. The average molecular weight is 251 g/mol. The Kier molecular flexibility index (Phi) is 3.93. The first-order valence-electron chi connectivity index (χ1n) is 5.98. The first kappa shape index (κ1) is 12.6. The van der Waals surface area contributed by atoms with Gasteiger partial charge in [-0.2, -0.15) is 5.10 Å². The molecule has 0 spiro atoms. The van der Waals surface area contributed by atoms with Gasteiger partial charge in [0.25, 0.3) is 5.91 Å². The van der Waals surface area contributed by atoms with Gasteiger partial charge < -0.3 is 16.0 Å². The molecule has 1 aliphatic rings. The topological polar surface area (TPSA) is 104 Å². The molecule has 7 heteroatoms. The predicted octanol–water partition coefficient (Wildman–Crippen LogP) is -0.911. The van der Waals surface area contributed by atoms with Crippen molar-refractivity contribution in [1.29, 1.82) is 0 Å². The third kappa shape index (κ3) is 2.86. The molecule has 2 rings (SSSR count). The Balaban J connectivity index is 2.13. The minimum Gasteiger partial charge on any atom is -0.368 e. The number of carbonyl (C=O) groups excluding carboxylic acids is 2. The molecular weight excluding hydrogens is 234 g/mol. The van der Waals surface area contributed by atoms with E-state index in [1.165, 1.54) is 11.1 Å². The van der Waals surface area contributed by atoms with E-state index in [0.29, 0.717) is 5.69 Å². The highest BCUT2D eigenvalue weighted by atomic mass is 16.2. The van der Waals surface area contributed by atoms with Crippen LogP contribution in [0.1, 0.15) is 23.3 Å². The van der Waals surface area contributed by atoms with Crippen molar-refractivity contribution < 1.29 is 9.59 Å². The van der Waals surface area contributed by atoms with E-state index in [0.717, 1.165) is 25.9 Å². The molecule has 0 aliphatic carbocycles. The predicted molar refractivity (Wildman–Crippen MR) is 64.7 cm³/mol. The molecule has 1 fully saturated rings. The Morgan fingerprint density at radius 3 is 2.72 bits per heavy atom. The molecule has 7 nitrogen and oxygen atoms in total. The van der Waals surface area contributed by atoms with Crippen LogP contribution in [0.5, 0.6) is 0 Å². The smallest absolute Gasteiger partial charge is 0.272 e. The molecule has 0 bridgehead atoms. The number of nitrogens with two attached hydrogens (primary N) is 1. The van der Waals surface area contributed by atoms with Crippen LogP contribution in [-0.2, 0) is 4.79 Å². The summed E-state index contributed by atoms with van der Waals surface area (Å²) in [6.07, 6.45) is 3.17. The zero-order chi connectivity index (χ0) is 13.0. The van der Waals surface area contributed by atoms with Gasteiger partial charge in [-0.25, -0.2) is 0 Å². The van der Waals surface area contributed by atoms with Gasteiger partial charge >= 0.3 is 0 Å². The molecular formula is C11H17N5O2. The summed E-state index contributed by atoms with van der Waals surface area (Å²) >= 11 is 0. The lowest BCUT2D eigenvalue weighted by atomic mass is 10.0. The minimum atomic E-state index is -0.499. The number of aromatic nitrogens is 2. The summed E-state index contributed by atoms with van der Waals surface area (Å²) in [5.74, 6) is -0.723. The third-order valence-electron chi connectivity index (χ3n) is 3.07. The van der Waals surface area contributed by atoms with Crippen molar-refractivity contribution in [2.45, 2.75) is 18.9 Å². The van der Waals surface area contributed by atoms with Crippen molar-refractivity contribution in [1.82, 2.24) is 20.4 Å². The second kappa shape index (κ2) is 5.63. The molecule has 1 aromatic rings. The van der Waals surface area contributed by atoms with E-state index in [4.69, 9.17) is 5.73 Å². The van der Waals surface area contributed by atoms with Gasteiger partial charge in [0.05, 0.1) is 6.54 Å². The van der Waals surface area contributed by atoms with Crippen LogP contribution in [0.2, 0.25) is 0 Å². The lowest BCUT2D eigenvalue weighted by Crippen LogP contribution is -2.49. The lowest BCUT2D eigenvalue weighted by molar-refractivity contribution is -0.119. The number of piperidine rings is 1. The quantitative estimate of drug-likeness (QED) is 0.644. The van der Waals surface area contributed by atoms with E-state index in [2.05, 4.69) is 15.5 Å². The van der Waals surface area contributed by atoms with E-state index in [1.54, 1.807) is 6.07 Å². The first-order valence-corrected chi connectivity index (χ1v) is 5.98. The molecule has 0 unspecified atom stereocenters. The number of hydrogen-bond donors (Lipinski definition) is 3. The molecule has 2 heterocycles. The Morgan fingerprint density at radius 2 is 2.17 bits per heavy atom. The van der Waals surface area contributed by atoms with E-state index in [-0.39, 0.29) is 18.5 Å². The number of amides is 2. The fourth-order valence-corrected chi connectivity index (χ4v) is 2.18. The Morgan fingerprint density at radius 1 is 1.44 bits per heavy atom. The van der Waals surface area contributed by atoms with Gasteiger partial charge in [0.15, 0.2) is 0 Å². The summed E-state index contributed by atoms with van der Waals surface area (Å²) in [6, 6.07) is 1.65. The minimum absolute atomic E-state index is 0.0505. The van der Waals surface area contributed by atoms with Gasteiger partial charge in [-0.1, -0.05) is 0 Å². The monoisotopic (exact) mass is 251 g/mol. The summed E-state index contributed by atoms with van der Waals surface area (Å²) in [5.41, 5.74) is 5.60. The van der Waals surface area contributed by atoms with Crippen molar-refractivity contribution in [2.75, 3.05) is 19.6 Å². The summed E-state index contributed by atoms with van der Waals surface area (Å²) in [4.78, 5) is 24.9. The number of primary amides is 1. The van der Waals surface area contributed by atoms with Crippen molar-refractivity contribution in [2.24, 2.45) is 5.73 Å². The van der Waals surface area contributed by atoms with Crippen LogP contribution >= 0.6 is 0 Å². The molecule has 0 saturated carbocycles. The number of carbonyl (C=O) groups is 2. The third-order valence-corrected chi connectivity index (χ3v) is 3.07. The van der Waals surface area contributed by atoms with Crippen LogP contribution in [0, 0.1) is 0 Å². The molecule has 0 aromatic carbocycles. The molecule has 98 valence electrons. The molecule has 0 atom stereocenters. The molecule has 4 N–H and O–H groups in total. The Labute approximate surface area is 105 Å². The number of hydrogen-bond acceptors (Lipinski definition) is 4. The maximum absolute atomic E-state index is 12.3. The summed E-state index contributed by atoms with van der Waals surface area (Å²) in [5, 5.41) is 9.59. The average Bonchev–Trinajstić information content (AvgIpc) is 2.90. The van der Waals surface area contributed by atoms with Crippen molar-refractivity contribution in [3.8, 4) is 0 Å². The van der Waals surface area contributed by atoms with Gasteiger partial charge in [-0.15, -0.1) is 0 Å². The zero-order valence-corrected chi connectivity index (χ0v) is 10.1. The van der Waals surface area contributed by atoms with Crippen molar-refractivity contribution in [3.63, 3.8) is 0 Å². The molecule has 1 aliphatic heterocycles. The second-order valence-electron chi connectivity index (χ2n) is 4.35. The standard InChI is InChI=1S/C11H17N5O2/c12-10(17)7-16(8-1-4-13-5-2-8)11(18)9-3-6-14-15-9/h3,6,8,13H,1-2,4-5,7H2,(H2,12,17)(H,14,15). The molecule has 18 heavy (non-hydrogen) atoms. The zero-order valence-electron chi connectivity index (χ0n) is 10.1. The highest BCUT2D eigenvalue weighted by Gasteiger charge is 2.27. The van der Waals surface area contributed by atoms with Crippen LogP contribution in [0.15, 0.2) is 12.3 Å². The van der Waals surface area contributed by atoms with E-state index in [1.807, 2.05) is 0 Å². The van der Waals surface area contributed by atoms with Gasteiger partial charge in [0, 0.05) is 12.2 Å². The highest BCUT2D eigenvalue weighted by Crippen LogP contribution is 2.14. The number of nitrogens with zero attached hydrogens (tertiary/aromatic N) is 2. The van der Waals surface area contributed by atoms with Crippen LogP contribution < -0.4 is 11.1 Å².